The summed E-state index contributed by atoms with van der Waals surface area (Å²) < 4.78 is 6.06. The smallest absolute Gasteiger partial charge is 0.227 e. The number of ether oxygens (including phenoxy) is 1. The third-order valence-electron chi connectivity index (χ3n) is 4.66. The maximum Gasteiger partial charge on any atom is 0.227 e. The first kappa shape index (κ1) is 19.2. The molecule has 1 aliphatic rings. The molecule has 2 heterocycles. The minimum atomic E-state index is -0.397. The van der Waals surface area contributed by atoms with Crippen molar-refractivity contribution in [1.82, 2.24) is 9.88 Å². The Bertz CT molecular complexity index is 783. The highest BCUT2D eigenvalue weighted by atomic mass is 35.5. The van der Waals surface area contributed by atoms with Crippen LogP contribution in [0.2, 0.25) is 5.02 Å². The molecule has 1 aromatic carbocycles. The Balaban J connectivity index is 1.65. The van der Waals surface area contributed by atoms with Crippen LogP contribution < -0.4 is 10.5 Å². The molecule has 27 heavy (non-hydrogen) atoms. The standard InChI is InChI=1S/C20H22ClN3O3/c21-16-3-5-17(6-4-16)27-18-7-9-24(13-15(18)11-19(22)25)20(26)10-14-2-1-8-23-12-14/h1-6,8,12,15,18H,7,9-11,13H2,(H2,22,25)/t15-,18-/m0/s1. The van der Waals surface area contributed by atoms with Gasteiger partial charge < -0.3 is 15.4 Å². The zero-order valence-corrected chi connectivity index (χ0v) is 15.6. The number of benzene rings is 1. The first-order chi connectivity index (χ1) is 13.0. The molecule has 3 rings (SSSR count). The second kappa shape index (κ2) is 8.86. The lowest BCUT2D eigenvalue weighted by Gasteiger charge is -2.38. The highest BCUT2D eigenvalue weighted by Crippen LogP contribution is 2.27. The SMILES string of the molecule is NC(=O)C[C@H]1CN(C(=O)Cc2cccnc2)CC[C@@H]1Oc1ccc(Cl)cc1. The molecule has 2 N–H and O–H groups in total. The number of pyridine rings is 1. The molecule has 0 radical (unpaired) electrons. The summed E-state index contributed by atoms with van der Waals surface area (Å²) in [7, 11) is 0. The molecular weight excluding hydrogens is 366 g/mol. The molecule has 2 aromatic rings. The van der Waals surface area contributed by atoms with E-state index in [4.69, 9.17) is 22.1 Å². The third kappa shape index (κ3) is 5.44. The zero-order valence-electron chi connectivity index (χ0n) is 14.9. The quantitative estimate of drug-likeness (QED) is 0.824. The Morgan fingerprint density at radius 1 is 1.26 bits per heavy atom. The van der Waals surface area contributed by atoms with Gasteiger partial charge in [0.2, 0.25) is 11.8 Å². The zero-order chi connectivity index (χ0) is 19.2. The van der Waals surface area contributed by atoms with Crippen LogP contribution in [0.4, 0.5) is 0 Å². The summed E-state index contributed by atoms with van der Waals surface area (Å²) >= 11 is 5.91. The van der Waals surface area contributed by atoms with Gasteiger partial charge in [0.1, 0.15) is 11.9 Å². The molecule has 0 bridgehead atoms. The van der Waals surface area contributed by atoms with Gasteiger partial charge in [0.15, 0.2) is 0 Å². The van der Waals surface area contributed by atoms with E-state index in [-0.39, 0.29) is 24.3 Å². The van der Waals surface area contributed by atoms with Crippen molar-refractivity contribution >= 4 is 23.4 Å². The van der Waals surface area contributed by atoms with Crippen LogP contribution in [0.15, 0.2) is 48.8 Å². The predicted molar refractivity (Wildman–Crippen MR) is 102 cm³/mol. The summed E-state index contributed by atoms with van der Waals surface area (Å²) in [5.74, 6) is 0.160. The second-order valence-corrected chi connectivity index (χ2v) is 7.14. The average molecular weight is 388 g/mol. The summed E-state index contributed by atoms with van der Waals surface area (Å²) in [4.78, 5) is 30.0. The van der Waals surface area contributed by atoms with Gasteiger partial charge in [0.25, 0.3) is 0 Å². The number of amides is 2. The summed E-state index contributed by atoms with van der Waals surface area (Å²) in [5.41, 5.74) is 6.29. The molecule has 0 aliphatic carbocycles. The van der Waals surface area contributed by atoms with E-state index in [0.717, 1.165) is 5.56 Å². The summed E-state index contributed by atoms with van der Waals surface area (Å²) in [6.07, 6.45) is 4.29. The number of rotatable bonds is 6. The van der Waals surface area contributed by atoms with Crippen molar-refractivity contribution in [3.8, 4) is 5.75 Å². The fourth-order valence-corrected chi connectivity index (χ4v) is 3.45. The summed E-state index contributed by atoms with van der Waals surface area (Å²) in [6.45, 7) is 1.02. The van der Waals surface area contributed by atoms with Gasteiger partial charge in [-0.15, -0.1) is 0 Å². The topological polar surface area (TPSA) is 85.5 Å². The second-order valence-electron chi connectivity index (χ2n) is 6.71. The van der Waals surface area contributed by atoms with Crippen LogP contribution in [0.25, 0.3) is 0 Å². The van der Waals surface area contributed by atoms with Gasteiger partial charge in [-0.3, -0.25) is 14.6 Å². The van der Waals surface area contributed by atoms with E-state index in [0.29, 0.717) is 36.7 Å². The molecule has 2 amide bonds. The van der Waals surface area contributed by atoms with Gasteiger partial charge in [-0.25, -0.2) is 0 Å². The summed E-state index contributed by atoms with van der Waals surface area (Å²) in [5, 5.41) is 0.631. The van der Waals surface area contributed by atoms with Crippen LogP contribution >= 0.6 is 11.6 Å². The minimum Gasteiger partial charge on any atom is -0.490 e. The van der Waals surface area contributed by atoms with Gasteiger partial charge in [0.05, 0.1) is 6.42 Å². The molecule has 0 unspecified atom stereocenters. The third-order valence-corrected chi connectivity index (χ3v) is 4.91. The van der Waals surface area contributed by atoms with Crippen molar-refractivity contribution in [2.24, 2.45) is 11.7 Å². The van der Waals surface area contributed by atoms with Crippen molar-refractivity contribution in [3.05, 3.63) is 59.4 Å². The highest BCUT2D eigenvalue weighted by Gasteiger charge is 2.33. The first-order valence-corrected chi connectivity index (χ1v) is 9.26. The molecule has 1 aliphatic heterocycles. The number of carbonyl (C=O) groups excluding carboxylic acids is 2. The fourth-order valence-electron chi connectivity index (χ4n) is 3.32. The van der Waals surface area contributed by atoms with Gasteiger partial charge in [-0.2, -0.15) is 0 Å². The molecule has 1 aromatic heterocycles. The maximum absolute atomic E-state index is 12.6. The van der Waals surface area contributed by atoms with Crippen molar-refractivity contribution < 1.29 is 14.3 Å². The highest BCUT2D eigenvalue weighted by molar-refractivity contribution is 6.30. The van der Waals surface area contributed by atoms with Crippen LogP contribution in [-0.4, -0.2) is 40.9 Å². The van der Waals surface area contributed by atoms with E-state index in [1.54, 1.807) is 41.6 Å². The van der Waals surface area contributed by atoms with Gasteiger partial charge in [-0.05, 0) is 35.9 Å². The minimum absolute atomic E-state index is 0.0161. The number of hydrogen-bond donors (Lipinski definition) is 1. The van der Waals surface area contributed by atoms with Crippen molar-refractivity contribution in [1.29, 1.82) is 0 Å². The Hall–Kier alpha value is -2.60. The van der Waals surface area contributed by atoms with E-state index in [2.05, 4.69) is 4.98 Å². The lowest BCUT2D eigenvalue weighted by Crippen LogP contribution is -2.49. The Labute approximate surface area is 163 Å². The lowest BCUT2D eigenvalue weighted by molar-refractivity contribution is -0.135. The number of nitrogens with two attached hydrogens (primary N) is 1. The van der Waals surface area contributed by atoms with Crippen LogP contribution in [0, 0.1) is 5.92 Å². The van der Waals surface area contributed by atoms with E-state index in [9.17, 15) is 9.59 Å². The molecule has 142 valence electrons. The number of hydrogen-bond acceptors (Lipinski definition) is 4. The molecule has 1 fully saturated rings. The number of piperidine rings is 1. The molecule has 6 nitrogen and oxygen atoms in total. The van der Waals surface area contributed by atoms with E-state index in [1.807, 2.05) is 12.1 Å². The van der Waals surface area contributed by atoms with Gasteiger partial charge in [0, 0.05) is 49.3 Å². The Kier molecular flexibility index (Phi) is 6.29. The van der Waals surface area contributed by atoms with Crippen LogP contribution in [0.3, 0.4) is 0 Å². The molecule has 1 saturated heterocycles. The number of likely N-dealkylation sites (tertiary alicyclic amines) is 1. The van der Waals surface area contributed by atoms with Crippen molar-refractivity contribution in [2.45, 2.75) is 25.4 Å². The Morgan fingerprint density at radius 2 is 2.04 bits per heavy atom. The van der Waals surface area contributed by atoms with E-state index < -0.39 is 5.91 Å². The number of primary amides is 1. The molecule has 0 spiro atoms. The van der Waals surface area contributed by atoms with Crippen LogP contribution in [0.1, 0.15) is 18.4 Å². The van der Waals surface area contributed by atoms with Crippen molar-refractivity contribution in [3.63, 3.8) is 0 Å². The maximum atomic E-state index is 12.6. The van der Waals surface area contributed by atoms with E-state index >= 15 is 0 Å². The van der Waals surface area contributed by atoms with Gasteiger partial charge in [-0.1, -0.05) is 17.7 Å². The number of halogens is 1. The lowest BCUT2D eigenvalue weighted by atomic mass is 9.90. The van der Waals surface area contributed by atoms with Crippen molar-refractivity contribution in [2.75, 3.05) is 13.1 Å². The van der Waals surface area contributed by atoms with E-state index in [1.165, 1.54) is 0 Å². The largest absolute Gasteiger partial charge is 0.490 e. The molecular formula is C20H22ClN3O3. The fraction of sp³-hybridized carbons (Fsp3) is 0.350. The predicted octanol–water partition coefficient (Wildman–Crippen LogP) is 2.45. The van der Waals surface area contributed by atoms with Gasteiger partial charge >= 0.3 is 0 Å². The molecule has 7 heteroatoms. The number of nitrogens with zero attached hydrogens (tertiary/aromatic N) is 2. The average Bonchev–Trinajstić information content (AvgIpc) is 2.65. The Morgan fingerprint density at radius 3 is 2.70 bits per heavy atom. The monoisotopic (exact) mass is 387 g/mol. The number of aromatic nitrogens is 1. The normalized spacial score (nSPS) is 19.5. The van der Waals surface area contributed by atoms with Crippen LogP contribution in [-0.2, 0) is 16.0 Å². The van der Waals surface area contributed by atoms with Crippen LogP contribution in [0.5, 0.6) is 5.75 Å². The number of carbonyl (C=O) groups is 2. The molecule has 2 atom stereocenters. The summed E-state index contributed by atoms with van der Waals surface area (Å²) in [6, 6.07) is 10.8. The first-order valence-electron chi connectivity index (χ1n) is 8.88. The molecule has 0 saturated carbocycles.